The van der Waals surface area contributed by atoms with Crippen LogP contribution in [-0.2, 0) is 0 Å². The second-order valence-electron chi connectivity index (χ2n) is 5.36. The van der Waals surface area contributed by atoms with Gasteiger partial charge in [-0.15, -0.1) is 0 Å². The first-order valence-electron chi connectivity index (χ1n) is 7.35. The van der Waals surface area contributed by atoms with Gasteiger partial charge in [0.2, 0.25) is 0 Å². The number of hydrogen-bond acceptors (Lipinski definition) is 2. The zero-order valence-corrected chi connectivity index (χ0v) is 11.8. The lowest BCUT2D eigenvalue weighted by Gasteiger charge is -2.13. The molecule has 0 saturated carbocycles. The molecule has 3 heteroatoms. The lowest BCUT2D eigenvalue weighted by Crippen LogP contribution is -2.21. The van der Waals surface area contributed by atoms with E-state index in [1.165, 1.54) is 16.5 Å². The van der Waals surface area contributed by atoms with E-state index >= 15 is 0 Å². The van der Waals surface area contributed by atoms with Crippen LogP contribution in [0.2, 0.25) is 0 Å². The van der Waals surface area contributed by atoms with E-state index in [4.69, 9.17) is 4.98 Å². The van der Waals surface area contributed by atoms with Gasteiger partial charge in [0.25, 0.3) is 0 Å². The van der Waals surface area contributed by atoms with Gasteiger partial charge < -0.3 is 10.3 Å². The molecule has 4 rings (SSSR count). The summed E-state index contributed by atoms with van der Waals surface area (Å²) in [6.45, 7) is 2.01. The number of hydrogen-bond donors (Lipinski definition) is 2. The van der Waals surface area contributed by atoms with Gasteiger partial charge in [-0.2, -0.15) is 0 Å². The van der Waals surface area contributed by atoms with E-state index in [1.807, 2.05) is 18.2 Å². The molecule has 2 aromatic heterocycles. The number of aromatic nitrogens is 2. The molecule has 1 aliphatic rings. The van der Waals surface area contributed by atoms with E-state index in [2.05, 4.69) is 46.8 Å². The molecule has 1 aromatic carbocycles. The molecule has 0 radical (unpaired) electrons. The quantitative estimate of drug-likeness (QED) is 0.750. The molecule has 0 bridgehead atoms. The minimum atomic E-state index is 0.938. The lowest BCUT2D eigenvalue weighted by molar-refractivity contribution is 0.739. The van der Waals surface area contributed by atoms with E-state index in [-0.39, 0.29) is 0 Å². The molecule has 3 aromatic rings. The second kappa shape index (κ2) is 5.19. The molecular formula is C18H17N3. The Labute approximate surface area is 123 Å². The van der Waals surface area contributed by atoms with Crippen molar-refractivity contribution in [2.45, 2.75) is 6.42 Å². The molecule has 2 N–H and O–H groups in total. The van der Waals surface area contributed by atoms with Crippen LogP contribution < -0.4 is 5.32 Å². The largest absolute Gasteiger partial charge is 0.346 e. The Hall–Kier alpha value is -2.39. The van der Waals surface area contributed by atoms with Crippen molar-refractivity contribution < 1.29 is 0 Å². The first-order valence-corrected chi connectivity index (χ1v) is 7.35. The van der Waals surface area contributed by atoms with Crippen LogP contribution in [0.25, 0.3) is 27.9 Å². The maximum absolute atomic E-state index is 4.76. The maximum Gasteiger partial charge on any atom is 0.138 e. The number of rotatable bonds is 2. The summed E-state index contributed by atoms with van der Waals surface area (Å²) in [5, 5.41) is 4.62. The Morgan fingerprint density at radius 1 is 1.00 bits per heavy atom. The molecule has 21 heavy (non-hydrogen) atoms. The molecule has 0 fully saturated rings. The van der Waals surface area contributed by atoms with Gasteiger partial charge in [-0.05, 0) is 30.7 Å². The first kappa shape index (κ1) is 12.4. The molecule has 3 heterocycles. The number of H-pyrrole nitrogens is 1. The highest BCUT2D eigenvalue weighted by molar-refractivity contribution is 5.92. The van der Waals surface area contributed by atoms with Crippen molar-refractivity contribution in [3.63, 3.8) is 0 Å². The van der Waals surface area contributed by atoms with Gasteiger partial charge in [0.1, 0.15) is 5.65 Å². The van der Waals surface area contributed by atoms with E-state index in [1.54, 1.807) is 0 Å². The van der Waals surface area contributed by atoms with Crippen LogP contribution in [0.5, 0.6) is 0 Å². The third-order valence-electron chi connectivity index (χ3n) is 3.98. The van der Waals surface area contributed by atoms with Crippen LogP contribution in [0.15, 0.2) is 54.7 Å². The summed E-state index contributed by atoms with van der Waals surface area (Å²) in [5.41, 5.74) is 5.74. The summed E-state index contributed by atoms with van der Waals surface area (Å²) < 4.78 is 0. The van der Waals surface area contributed by atoms with Crippen molar-refractivity contribution in [3.8, 4) is 11.3 Å². The molecular weight excluding hydrogens is 258 g/mol. The van der Waals surface area contributed by atoms with Crippen molar-refractivity contribution in [2.75, 3.05) is 13.1 Å². The molecule has 0 unspecified atom stereocenters. The smallest absolute Gasteiger partial charge is 0.138 e. The Morgan fingerprint density at radius 3 is 2.71 bits per heavy atom. The number of benzene rings is 1. The second-order valence-corrected chi connectivity index (χ2v) is 5.36. The fourth-order valence-corrected chi connectivity index (χ4v) is 2.89. The highest BCUT2D eigenvalue weighted by Gasteiger charge is 2.12. The zero-order valence-electron chi connectivity index (χ0n) is 11.8. The number of nitrogens with zero attached hydrogens (tertiary/aromatic N) is 1. The molecule has 1 aliphatic heterocycles. The monoisotopic (exact) mass is 275 g/mol. The summed E-state index contributed by atoms with van der Waals surface area (Å²) in [5.74, 6) is 0. The highest BCUT2D eigenvalue weighted by Crippen LogP contribution is 2.27. The average Bonchev–Trinajstić information content (AvgIpc) is 2.99. The van der Waals surface area contributed by atoms with E-state index in [0.29, 0.717) is 0 Å². The Morgan fingerprint density at radius 2 is 1.90 bits per heavy atom. The number of nitrogens with one attached hydrogen (secondary N) is 2. The summed E-state index contributed by atoms with van der Waals surface area (Å²) >= 11 is 0. The van der Waals surface area contributed by atoms with Crippen molar-refractivity contribution in [1.82, 2.24) is 15.3 Å². The van der Waals surface area contributed by atoms with Crippen LogP contribution in [-0.4, -0.2) is 23.1 Å². The van der Waals surface area contributed by atoms with Crippen LogP contribution >= 0.6 is 0 Å². The third kappa shape index (κ3) is 2.26. The van der Waals surface area contributed by atoms with Gasteiger partial charge in [0.15, 0.2) is 0 Å². The molecule has 0 saturated heterocycles. The number of pyridine rings is 1. The SMILES string of the molecule is C1=C(c2c[nH]c3nc(-c4ccccc4)ccc23)CNCC1. The number of aromatic amines is 1. The van der Waals surface area contributed by atoms with Gasteiger partial charge in [-0.25, -0.2) is 4.98 Å². The zero-order chi connectivity index (χ0) is 14.1. The Bertz CT molecular complexity index is 800. The fourth-order valence-electron chi connectivity index (χ4n) is 2.89. The van der Waals surface area contributed by atoms with Crippen molar-refractivity contribution >= 4 is 16.6 Å². The molecule has 0 aliphatic carbocycles. The minimum Gasteiger partial charge on any atom is -0.346 e. The Balaban J connectivity index is 1.79. The molecule has 3 nitrogen and oxygen atoms in total. The van der Waals surface area contributed by atoms with Gasteiger partial charge in [0, 0.05) is 29.3 Å². The standard InChI is InChI=1S/C18H17N3/c1-2-5-13(6-3-1)17-9-8-15-16(12-20-18(15)21-17)14-7-4-10-19-11-14/h1-3,5-9,12,19H,4,10-11H2,(H,20,21). The predicted molar refractivity (Wildman–Crippen MR) is 87.0 cm³/mol. The molecule has 0 spiro atoms. The van der Waals surface area contributed by atoms with E-state index in [9.17, 15) is 0 Å². The molecule has 0 amide bonds. The predicted octanol–water partition coefficient (Wildman–Crippen LogP) is 3.61. The van der Waals surface area contributed by atoms with Crippen molar-refractivity contribution in [1.29, 1.82) is 0 Å². The van der Waals surface area contributed by atoms with E-state index in [0.717, 1.165) is 36.4 Å². The summed E-state index contributed by atoms with van der Waals surface area (Å²) in [4.78, 5) is 8.07. The molecule has 104 valence electrons. The number of fused-ring (bicyclic) bond motifs is 1. The summed E-state index contributed by atoms with van der Waals surface area (Å²) in [6, 6.07) is 14.6. The maximum atomic E-state index is 4.76. The van der Waals surface area contributed by atoms with Gasteiger partial charge >= 0.3 is 0 Å². The summed E-state index contributed by atoms with van der Waals surface area (Å²) in [6.07, 6.45) is 5.49. The van der Waals surface area contributed by atoms with Crippen LogP contribution in [0.1, 0.15) is 12.0 Å². The van der Waals surface area contributed by atoms with Crippen molar-refractivity contribution in [2.24, 2.45) is 0 Å². The lowest BCUT2D eigenvalue weighted by atomic mass is 10.0. The van der Waals surface area contributed by atoms with Crippen LogP contribution in [0.3, 0.4) is 0 Å². The fraction of sp³-hybridized carbons (Fsp3) is 0.167. The normalized spacial score (nSPS) is 15.1. The van der Waals surface area contributed by atoms with E-state index < -0.39 is 0 Å². The van der Waals surface area contributed by atoms with Crippen LogP contribution in [0, 0.1) is 0 Å². The van der Waals surface area contributed by atoms with Gasteiger partial charge in [0.05, 0.1) is 5.69 Å². The third-order valence-corrected chi connectivity index (χ3v) is 3.98. The minimum absolute atomic E-state index is 0.938. The Kier molecular flexibility index (Phi) is 3.05. The summed E-state index contributed by atoms with van der Waals surface area (Å²) in [7, 11) is 0. The van der Waals surface area contributed by atoms with Crippen molar-refractivity contribution in [3.05, 3.63) is 60.3 Å². The molecule has 0 atom stereocenters. The van der Waals surface area contributed by atoms with Crippen LogP contribution in [0.4, 0.5) is 0 Å². The highest BCUT2D eigenvalue weighted by atomic mass is 14.9. The first-order chi connectivity index (χ1) is 10.4. The topological polar surface area (TPSA) is 40.7 Å². The van der Waals surface area contributed by atoms with Gasteiger partial charge in [-0.3, -0.25) is 0 Å². The average molecular weight is 275 g/mol. The van der Waals surface area contributed by atoms with Gasteiger partial charge in [-0.1, -0.05) is 36.4 Å².